The second-order valence-electron chi connectivity index (χ2n) is 8.63. The molecule has 0 atom stereocenters. The third-order valence-electron chi connectivity index (χ3n) is 5.89. The second-order valence-corrected chi connectivity index (χ2v) is 10.6. The Morgan fingerprint density at radius 3 is 2.19 bits per heavy atom. The van der Waals surface area contributed by atoms with Crippen molar-refractivity contribution in [2.75, 3.05) is 26.5 Å². The molecule has 0 spiro atoms. The van der Waals surface area contributed by atoms with Crippen LogP contribution in [-0.2, 0) is 9.84 Å². The molecule has 4 rings (SSSR count). The average molecular weight is 519 g/mol. The van der Waals surface area contributed by atoms with Gasteiger partial charge in [-0.1, -0.05) is 0 Å². The molecule has 0 saturated carbocycles. The number of sulfone groups is 1. The van der Waals surface area contributed by atoms with Crippen LogP contribution in [-0.4, -0.2) is 51.3 Å². The minimum absolute atomic E-state index is 0.0189. The van der Waals surface area contributed by atoms with Gasteiger partial charge in [-0.05, 0) is 73.2 Å². The van der Waals surface area contributed by atoms with Crippen LogP contribution in [0.2, 0.25) is 0 Å². The van der Waals surface area contributed by atoms with Gasteiger partial charge < -0.3 is 20.7 Å². The molecule has 3 N–H and O–H groups in total. The summed E-state index contributed by atoms with van der Waals surface area (Å²) in [7, 11) is 0.841. The number of anilines is 2. The number of rotatable bonds is 7. The number of nitrogens with zero attached hydrogens (tertiary/aromatic N) is 2. The fourth-order valence-corrected chi connectivity index (χ4v) is 5.28. The zero-order valence-electron chi connectivity index (χ0n) is 20.8. The maximum atomic E-state index is 13.6. The van der Waals surface area contributed by atoms with Gasteiger partial charge in [-0.2, -0.15) is 0 Å². The molecule has 0 aliphatic heterocycles. The van der Waals surface area contributed by atoms with Gasteiger partial charge in [0.25, 0.3) is 11.8 Å². The molecule has 4 aromatic rings. The number of primary amides is 1. The lowest BCUT2D eigenvalue weighted by Crippen LogP contribution is -2.21. The minimum atomic E-state index is -3.96. The van der Waals surface area contributed by atoms with Gasteiger partial charge in [-0.3, -0.25) is 14.6 Å². The Labute approximate surface area is 214 Å². The predicted octanol–water partition coefficient (Wildman–Crippen LogP) is 3.93. The summed E-state index contributed by atoms with van der Waals surface area (Å²) in [4.78, 5) is 30.3. The van der Waals surface area contributed by atoms with Gasteiger partial charge in [0.15, 0.2) is 0 Å². The number of carbonyl (C=O) groups excluding carboxylic acids is 2. The summed E-state index contributed by atoms with van der Waals surface area (Å²) in [5.74, 6) is -0.287. The lowest BCUT2D eigenvalue weighted by atomic mass is 10.1. The molecule has 2 amide bonds. The highest BCUT2D eigenvalue weighted by atomic mass is 32.2. The van der Waals surface area contributed by atoms with Gasteiger partial charge in [0.1, 0.15) is 5.75 Å². The van der Waals surface area contributed by atoms with E-state index in [2.05, 4.69) is 10.3 Å². The van der Waals surface area contributed by atoms with E-state index < -0.39 is 15.7 Å². The summed E-state index contributed by atoms with van der Waals surface area (Å²) in [5, 5.41) is 3.61. The van der Waals surface area contributed by atoms with Gasteiger partial charge in [0.05, 0.1) is 33.7 Å². The number of methoxy groups -OCH3 is 1. The predicted molar refractivity (Wildman–Crippen MR) is 141 cm³/mol. The zero-order valence-corrected chi connectivity index (χ0v) is 21.6. The maximum Gasteiger partial charge on any atom is 0.253 e. The molecule has 1 heterocycles. The van der Waals surface area contributed by atoms with E-state index >= 15 is 0 Å². The molecule has 3 aromatic carbocycles. The van der Waals surface area contributed by atoms with Crippen molar-refractivity contribution in [2.24, 2.45) is 5.73 Å². The van der Waals surface area contributed by atoms with Gasteiger partial charge in [-0.15, -0.1) is 0 Å². The number of hydrogen-bond acceptors (Lipinski definition) is 7. The molecule has 9 nitrogen and oxygen atoms in total. The van der Waals surface area contributed by atoms with Crippen molar-refractivity contribution in [3.63, 3.8) is 0 Å². The normalized spacial score (nSPS) is 11.2. The van der Waals surface area contributed by atoms with Crippen molar-refractivity contribution in [1.29, 1.82) is 0 Å². The van der Waals surface area contributed by atoms with E-state index in [4.69, 9.17) is 10.5 Å². The van der Waals surface area contributed by atoms with E-state index in [1.54, 1.807) is 52.4 Å². The molecule has 10 heteroatoms. The number of nitrogens with one attached hydrogen (secondary N) is 1. The molecular weight excluding hydrogens is 492 g/mol. The molecular formula is C27H26N4O5S. The number of nitrogens with two attached hydrogens (primary N) is 1. The SMILES string of the molecule is COc1ccc(Nc2c(C(N)=O)cnc3c(C)cc(S(=O)(=O)c4ccc(C(=O)N(C)C)cc4)cc23)cc1. The molecule has 190 valence electrons. The van der Waals surface area contributed by atoms with E-state index in [1.807, 2.05) is 0 Å². The van der Waals surface area contributed by atoms with Crippen molar-refractivity contribution in [1.82, 2.24) is 9.88 Å². The molecule has 0 radical (unpaired) electrons. The summed E-state index contributed by atoms with van der Waals surface area (Å²) in [6.07, 6.45) is 1.37. The average Bonchev–Trinajstić information content (AvgIpc) is 2.88. The van der Waals surface area contributed by atoms with E-state index in [9.17, 15) is 18.0 Å². The van der Waals surface area contributed by atoms with E-state index in [1.165, 1.54) is 47.5 Å². The van der Waals surface area contributed by atoms with Gasteiger partial charge in [0, 0.05) is 36.9 Å². The molecule has 1 aromatic heterocycles. The lowest BCUT2D eigenvalue weighted by molar-refractivity contribution is 0.0827. The zero-order chi connectivity index (χ0) is 26.9. The number of hydrogen-bond donors (Lipinski definition) is 2. The number of carbonyl (C=O) groups is 2. The standard InChI is InChI=1S/C27H26N4O5S/c1-16-13-21(37(34,35)20-11-5-17(6-12-20)27(33)31(2)3)14-22-24(16)29-15-23(26(28)32)25(22)30-18-7-9-19(36-4)10-8-18/h5-15H,1-4H3,(H2,28,32)(H,29,30). The Morgan fingerprint density at radius 2 is 1.62 bits per heavy atom. The van der Waals surface area contributed by atoms with Crippen LogP contribution in [0.1, 0.15) is 26.3 Å². The maximum absolute atomic E-state index is 13.6. The highest BCUT2D eigenvalue weighted by Gasteiger charge is 2.23. The van der Waals surface area contributed by atoms with E-state index in [0.29, 0.717) is 39.2 Å². The third-order valence-corrected chi connectivity index (χ3v) is 7.64. The summed E-state index contributed by atoms with van der Waals surface area (Å²) in [6, 6.07) is 15.8. The van der Waals surface area contributed by atoms with Gasteiger partial charge >= 0.3 is 0 Å². The van der Waals surface area contributed by atoms with Crippen LogP contribution in [0.4, 0.5) is 11.4 Å². The quantitative estimate of drug-likeness (QED) is 0.379. The van der Waals surface area contributed by atoms with Gasteiger partial charge in [-0.25, -0.2) is 8.42 Å². The van der Waals surface area contributed by atoms with Crippen LogP contribution in [0, 0.1) is 6.92 Å². The van der Waals surface area contributed by atoms with Crippen LogP contribution < -0.4 is 15.8 Å². The van der Waals surface area contributed by atoms with Crippen molar-refractivity contribution in [3.8, 4) is 5.75 Å². The van der Waals surface area contributed by atoms with E-state index in [-0.39, 0.29) is 21.3 Å². The molecule has 0 unspecified atom stereocenters. The summed E-state index contributed by atoms with van der Waals surface area (Å²) in [6.45, 7) is 1.74. The highest BCUT2D eigenvalue weighted by Crippen LogP contribution is 2.34. The molecule has 37 heavy (non-hydrogen) atoms. The van der Waals surface area contributed by atoms with Crippen LogP contribution in [0.3, 0.4) is 0 Å². The minimum Gasteiger partial charge on any atom is -0.497 e. The van der Waals surface area contributed by atoms with Crippen LogP contribution in [0.5, 0.6) is 5.75 Å². The fourth-order valence-electron chi connectivity index (χ4n) is 3.91. The Bertz CT molecular complexity index is 1610. The highest BCUT2D eigenvalue weighted by molar-refractivity contribution is 7.91. The molecule has 0 aliphatic carbocycles. The monoisotopic (exact) mass is 518 g/mol. The Hall–Kier alpha value is -4.44. The number of benzene rings is 3. The molecule has 0 bridgehead atoms. The second kappa shape index (κ2) is 9.90. The molecule has 0 fully saturated rings. The summed E-state index contributed by atoms with van der Waals surface area (Å²) >= 11 is 0. The number of aryl methyl sites for hydroxylation is 1. The Balaban J connectivity index is 1.86. The van der Waals surface area contributed by atoms with E-state index in [0.717, 1.165) is 0 Å². The summed E-state index contributed by atoms with van der Waals surface area (Å²) < 4.78 is 32.3. The van der Waals surface area contributed by atoms with Crippen molar-refractivity contribution < 1.29 is 22.7 Å². The fraction of sp³-hybridized carbons (Fsp3) is 0.148. The Morgan fingerprint density at radius 1 is 0.973 bits per heavy atom. The van der Waals surface area contributed by atoms with Crippen LogP contribution in [0.25, 0.3) is 10.9 Å². The smallest absolute Gasteiger partial charge is 0.253 e. The first kappa shape index (κ1) is 25.6. The van der Waals surface area contributed by atoms with Gasteiger partial charge in [0.2, 0.25) is 9.84 Å². The first-order valence-corrected chi connectivity index (χ1v) is 12.7. The topological polar surface area (TPSA) is 132 Å². The first-order chi connectivity index (χ1) is 17.5. The molecule has 0 aliphatic rings. The number of pyridine rings is 1. The molecule has 0 saturated heterocycles. The van der Waals surface area contributed by atoms with Crippen LogP contribution >= 0.6 is 0 Å². The number of amides is 2. The number of fused-ring (bicyclic) bond motifs is 1. The number of aromatic nitrogens is 1. The van der Waals surface area contributed by atoms with Crippen molar-refractivity contribution >= 4 is 43.9 Å². The van der Waals surface area contributed by atoms with Crippen molar-refractivity contribution in [2.45, 2.75) is 16.7 Å². The lowest BCUT2D eigenvalue weighted by Gasteiger charge is -2.16. The van der Waals surface area contributed by atoms with Crippen LogP contribution in [0.15, 0.2) is 76.7 Å². The first-order valence-electron chi connectivity index (χ1n) is 11.2. The summed E-state index contributed by atoms with van der Waals surface area (Å²) in [5.41, 5.74) is 8.22. The largest absolute Gasteiger partial charge is 0.497 e. The van der Waals surface area contributed by atoms with Crippen molar-refractivity contribution in [3.05, 3.63) is 83.6 Å². The third kappa shape index (κ3) is 4.96. The Kier molecular flexibility index (Phi) is 6.86. The number of ether oxygens (including phenoxy) is 1.